The van der Waals surface area contributed by atoms with Gasteiger partial charge in [-0.25, -0.2) is 22.6 Å². The molecule has 2 aromatic carbocycles. The van der Waals surface area contributed by atoms with E-state index in [-0.39, 0.29) is 47.7 Å². The quantitative estimate of drug-likeness (QED) is 0.230. The number of anilines is 2. The summed E-state index contributed by atoms with van der Waals surface area (Å²) in [5, 5.41) is 4.59. The van der Waals surface area contributed by atoms with Gasteiger partial charge in [-0.2, -0.15) is 17.8 Å². The molecule has 4 aromatic rings. The van der Waals surface area contributed by atoms with E-state index in [4.69, 9.17) is 4.74 Å². The number of nitrogens with zero attached hydrogens (tertiary/aromatic N) is 6. The Morgan fingerprint density at radius 3 is 2.22 bits per heavy atom. The zero-order valence-corrected chi connectivity index (χ0v) is 29.3. The average Bonchev–Trinajstić information content (AvgIpc) is 3.74. The number of hydrogen-bond acceptors (Lipinski definition) is 7. The fraction of sp³-hybridized carbons (Fsp3) is 0.400. The molecule has 2 fully saturated rings. The zero-order valence-electron chi connectivity index (χ0n) is 28.5. The summed E-state index contributed by atoms with van der Waals surface area (Å²) >= 11 is 0. The second-order valence-electron chi connectivity index (χ2n) is 13.7. The van der Waals surface area contributed by atoms with E-state index >= 15 is 13.2 Å². The number of amides is 1. The summed E-state index contributed by atoms with van der Waals surface area (Å²) in [7, 11) is -4.12. The number of benzene rings is 2. The maximum absolute atomic E-state index is 16.1. The first-order valence-corrected chi connectivity index (χ1v) is 17.9. The molecule has 2 saturated heterocycles. The molecule has 0 radical (unpaired) electrons. The van der Waals surface area contributed by atoms with Gasteiger partial charge in [-0.3, -0.25) is 14.6 Å². The third-order valence-electron chi connectivity index (χ3n) is 8.71. The molecule has 6 rings (SSSR count). The largest absolute Gasteiger partial charge is 0.444 e. The summed E-state index contributed by atoms with van der Waals surface area (Å²) in [4.78, 5) is 20.6. The van der Waals surface area contributed by atoms with Crippen molar-refractivity contribution in [3.8, 4) is 28.1 Å². The summed E-state index contributed by atoms with van der Waals surface area (Å²) in [5.41, 5.74) is 0.0192. The summed E-state index contributed by atoms with van der Waals surface area (Å²) in [6.07, 6.45) is 5.35. The van der Waals surface area contributed by atoms with Gasteiger partial charge in [0, 0.05) is 73.2 Å². The molecule has 2 aliphatic rings. The van der Waals surface area contributed by atoms with Crippen LogP contribution in [-0.4, -0.2) is 82.3 Å². The number of ether oxygens (including phenoxy) is 1. The number of aromatic nitrogens is 3. The lowest BCUT2D eigenvalue weighted by Gasteiger charge is -2.45. The minimum absolute atomic E-state index is 0.0514. The van der Waals surface area contributed by atoms with Crippen LogP contribution in [0.3, 0.4) is 0 Å². The van der Waals surface area contributed by atoms with Gasteiger partial charge in [0.15, 0.2) is 11.6 Å². The number of nitrogens with one attached hydrogen (secondary N) is 1. The highest BCUT2D eigenvalue weighted by atomic mass is 32.2. The first-order chi connectivity index (χ1) is 23.6. The van der Waals surface area contributed by atoms with E-state index in [0.29, 0.717) is 37.2 Å². The SMILES string of the molecule is C[C@@H]1CN(c2ccc(-n3cc(-c4cc(F)cc(NS(=O)(=O)N5CCCC5)c4F)c(-c4ccncc4)n3)c(F)c2)C[C@@H](C)N1C(=O)OC(C)(C)C. The highest BCUT2D eigenvalue weighted by Crippen LogP contribution is 2.37. The fourth-order valence-corrected chi connectivity index (χ4v) is 7.79. The van der Waals surface area contributed by atoms with Gasteiger partial charge in [-0.05, 0) is 83.9 Å². The maximum atomic E-state index is 16.1. The van der Waals surface area contributed by atoms with Gasteiger partial charge in [0.1, 0.15) is 22.8 Å². The fourth-order valence-electron chi connectivity index (χ4n) is 6.50. The lowest BCUT2D eigenvalue weighted by Crippen LogP contribution is -2.59. The van der Waals surface area contributed by atoms with Crippen molar-refractivity contribution in [3.05, 3.63) is 78.5 Å². The molecule has 2 aliphatic heterocycles. The molecule has 0 aliphatic carbocycles. The molecular weight excluding hydrogens is 671 g/mol. The normalized spacial score (nSPS) is 18.8. The average molecular weight is 712 g/mol. The second kappa shape index (κ2) is 13.6. The van der Waals surface area contributed by atoms with Crippen molar-refractivity contribution in [1.29, 1.82) is 0 Å². The second-order valence-corrected chi connectivity index (χ2v) is 15.4. The molecule has 0 bridgehead atoms. The summed E-state index contributed by atoms with van der Waals surface area (Å²) in [6, 6.07) is 9.24. The number of hydrogen-bond donors (Lipinski definition) is 1. The summed E-state index contributed by atoms with van der Waals surface area (Å²) in [6.45, 7) is 10.7. The van der Waals surface area contributed by atoms with Crippen LogP contribution in [0.25, 0.3) is 28.1 Å². The monoisotopic (exact) mass is 711 g/mol. The van der Waals surface area contributed by atoms with Crippen LogP contribution in [0, 0.1) is 17.5 Å². The molecular formula is C35H40F3N7O4S. The van der Waals surface area contributed by atoms with E-state index in [0.717, 1.165) is 12.1 Å². The Morgan fingerprint density at radius 2 is 1.60 bits per heavy atom. The smallest absolute Gasteiger partial charge is 0.410 e. The van der Waals surface area contributed by atoms with Gasteiger partial charge in [-0.15, -0.1) is 0 Å². The number of carbonyl (C=O) groups excluding carboxylic acids is 1. The van der Waals surface area contributed by atoms with Crippen LogP contribution in [-0.2, 0) is 14.9 Å². The molecule has 2 atom stereocenters. The Labute approximate surface area is 289 Å². The van der Waals surface area contributed by atoms with Crippen LogP contribution in [0.15, 0.2) is 61.1 Å². The minimum atomic E-state index is -4.12. The van der Waals surface area contributed by atoms with Crippen LogP contribution in [0.2, 0.25) is 0 Å². The van der Waals surface area contributed by atoms with Gasteiger partial charge in [-0.1, -0.05) is 0 Å². The Kier molecular flexibility index (Phi) is 9.57. The van der Waals surface area contributed by atoms with Crippen molar-refractivity contribution in [2.45, 2.75) is 65.1 Å². The molecule has 50 heavy (non-hydrogen) atoms. The molecule has 0 unspecified atom stereocenters. The van der Waals surface area contributed by atoms with Gasteiger partial charge >= 0.3 is 16.3 Å². The van der Waals surface area contributed by atoms with Crippen molar-refractivity contribution in [1.82, 2.24) is 24.0 Å². The highest BCUT2D eigenvalue weighted by Gasteiger charge is 2.36. The number of rotatable bonds is 7. The van der Waals surface area contributed by atoms with E-state index in [9.17, 15) is 13.2 Å². The number of halogens is 3. The zero-order chi connectivity index (χ0) is 36.0. The van der Waals surface area contributed by atoms with Crippen molar-refractivity contribution < 1.29 is 31.1 Å². The standard InChI is InChI=1S/C35H40F3N7O4S/c1-22-19-42(20-23(2)45(22)34(46)49-35(3,4)5)26-8-9-31(29(37)18-26)44-21-28(33(40-44)24-10-12-39-13-11-24)27-16-25(36)17-30(32(27)38)41-50(47,48)43-14-6-7-15-43/h8-13,16-18,21-23,41H,6-7,14-15,19-20H2,1-5H3/t22-,23-/m1/s1. The van der Waals surface area contributed by atoms with Crippen molar-refractivity contribution in [3.63, 3.8) is 0 Å². The molecule has 1 amide bonds. The first-order valence-electron chi connectivity index (χ1n) is 16.4. The van der Waals surface area contributed by atoms with Gasteiger partial charge in [0.25, 0.3) is 0 Å². The molecule has 0 spiro atoms. The van der Waals surface area contributed by atoms with Crippen LogP contribution in [0.5, 0.6) is 0 Å². The third-order valence-corrected chi connectivity index (χ3v) is 10.2. The summed E-state index contributed by atoms with van der Waals surface area (Å²) < 4.78 is 83.3. The number of carbonyl (C=O) groups is 1. The van der Waals surface area contributed by atoms with E-state index < -0.39 is 45.0 Å². The van der Waals surface area contributed by atoms with Gasteiger partial charge in [0.05, 0.1) is 17.8 Å². The number of piperazine rings is 1. The van der Waals surface area contributed by atoms with E-state index in [1.54, 1.807) is 29.2 Å². The Morgan fingerprint density at radius 1 is 0.940 bits per heavy atom. The maximum Gasteiger partial charge on any atom is 0.410 e. The van der Waals surface area contributed by atoms with Gasteiger partial charge < -0.3 is 9.64 Å². The molecule has 266 valence electrons. The van der Waals surface area contributed by atoms with Crippen molar-refractivity contribution in [2.24, 2.45) is 0 Å². The molecule has 2 aromatic heterocycles. The van der Waals surface area contributed by atoms with Crippen molar-refractivity contribution in [2.75, 3.05) is 35.8 Å². The molecule has 11 nitrogen and oxygen atoms in total. The van der Waals surface area contributed by atoms with Crippen LogP contribution < -0.4 is 9.62 Å². The van der Waals surface area contributed by atoms with Crippen LogP contribution >= 0.6 is 0 Å². The lowest BCUT2D eigenvalue weighted by atomic mass is 10.0. The minimum Gasteiger partial charge on any atom is -0.444 e. The Hall–Kier alpha value is -4.63. The first kappa shape index (κ1) is 35.2. The van der Waals surface area contributed by atoms with Gasteiger partial charge in [0.2, 0.25) is 0 Å². The molecule has 0 saturated carbocycles. The van der Waals surface area contributed by atoms with E-state index in [2.05, 4.69) is 14.8 Å². The topological polar surface area (TPSA) is 113 Å². The predicted molar refractivity (Wildman–Crippen MR) is 185 cm³/mol. The summed E-state index contributed by atoms with van der Waals surface area (Å²) in [5.74, 6) is -2.50. The van der Waals surface area contributed by atoms with Crippen LogP contribution in [0.4, 0.5) is 29.3 Å². The lowest BCUT2D eigenvalue weighted by molar-refractivity contribution is 0.00565. The molecule has 4 heterocycles. The highest BCUT2D eigenvalue weighted by molar-refractivity contribution is 7.90. The van der Waals surface area contributed by atoms with Crippen molar-refractivity contribution >= 4 is 27.7 Å². The number of pyridine rings is 1. The van der Waals surface area contributed by atoms with E-state index in [1.807, 2.05) is 39.5 Å². The predicted octanol–water partition coefficient (Wildman–Crippen LogP) is 6.61. The molecule has 15 heteroatoms. The van der Waals surface area contributed by atoms with Crippen LogP contribution in [0.1, 0.15) is 47.5 Å². The third kappa shape index (κ3) is 7.29. The Bertz CT molecular complexity index is 1990. The Balaban J connectivity index is 1.33. The molecule has 1 N–H and O–H groups in total. The van der Waals surface area contributed by atoms with E-state index in [1.165, 1.54) is 33.6 Å².